The van der Waals surface area contributed by atoms with Crippen molar-refractivity contribution in [3.63, 3.8) is 0 Å². The summed E-state index contributed by atoms with van der Waals surface area (Å²) in [7, 11) is 0. The molecule has 2 aromatic carbocycles. The Balaban J connectivity index is 2.15. The van der Waals surface area contributed by atoms with Crippen molar-refractivity contribution in [1.82, 2.24) is 5.32 Å². The molecule has 0 heterocycles. The zero-order valence-electron chi connectivity index (χ0n) is 12.3. The summed E-state index contributed by atoms with van der Waals surface area (Å²) in [6.07, 6.45) is 0. The first kappa shape index (κ1) is 16.1. The van der Waals surface area contributed by atoms with Crippen LogP contribution in [0.25, 0.3) is 0 Å². The minimum Gasteiger partial charge on any atom is -0.304 e. The van der Waals surface area contributed by atoms with E-state index < -0.39 is 0 Å². The Morgan fingerprint density at radius 3 is 2.19 bits per heavy atom. The Morgan fingerprint density at radius 2 is 1.57 bits per heavy atom. The summed E-state index contributed by atoms with van der Waals surface area (Å²) >= 11 is 3.39. The fraction of sp³-hybridized carbons (Fsp3) is 0.294. The Kier molecular flexibility index (Phi) is 5.12. The second kappa shape index (κ2) is 6.67. The lowest BCUT2D eigenvalue weighted by Crippen LogP contribution is -2.23. The maximum Gasteiger partial charge on any atom is 0.128 e. The molecule has 4 heteroatoms. The molecule has 0 spiro atoms. The minimum absolute atomic E-state index is 0.0388. The highest BCUT2D eigenvalue weighted by molar-refractivity contribution is 9.10. The average Bonchev–Trinajstić information content (AvgIpc) is 2.43. The summed E-state index contributed by atoms with van der Waals surface area (Å²) in [4.78, 5) is 0. The molecular formula is C17H18BrF2N. The maximum absolute atomic E-state index is 14.0. The minimum atomic E-state index is -0.378. The van der Waals surface area contributed by atoms with Gasteiger partial charge in [-0.15, -0.1) is 0 Å². The van der Waals surface area contributed by atoms with Crippen molar-refractivity contribution in [3.05, 3.63) is 69.2 Å². The van der Waals surface area contributed by atoms with Crippen molar-refractivity contribution in [2.45, 2.75) is 32.9 Å². The molecule has 0 amide bonds. The normalized spacial score (nSPS) is 14.0. The first-order chi connectivity index (χ1) is 9.88. The molecule has 0 aliphatic rings. The highest BCUT2D eigenvalue weighted by Crippen LogP contribution is 2.24. The summed E-state index contributed by atoms with van der Waals surface area (Å²) in [6, 6.07) is 10.2. The SMILES string of the molecule is Cc1cc(F)c(C(C)N[C@@H](C)c2ccc(Br)cc2)cc1F. The predicted molar refractivity (Wildman–Crippen MR) is 85.2 cm³/mol. The Labute approximate surface area is 132 Å². The molecule has 21 heavy (non-hydrogen) atoms. The Hall–Kier alpha value is -1.26. The number of benzene rings is 2. The van der Waals surface area contributed by atoms with Crippen LogP contribution in [-0.2, 0) is 0 Å². The standard InChI is InChI=1S/C17H18BrF2N/c1-10-8-17(20)15(9-16(10)19)12(3)21-11(2)13-4-6-14(18)7-5-13/h4-9,11-12,21H,1-3H3/t11-,12?/m0/s1. The smallest absolute Gasteiger partial charge is 0.128 e. The van der Waals surface area contributed by atoms with Crippen LogP contribution in [0.5, 0.6) is 0 Å². The van der Waals surface area contributed by atoms with E-state index in [0.717, 1.165) is 10.0 Å². The molecule has 2 rings (SSSR count). The van der Waals surface area contributed by atoms with Gasteiger partial charge in [-0.3, -0.25) is 0 Å². The topological polar surface area (TPSA) is 12.0 Å². The van der Waals surface area contributed by atoms with Gasteiger partial charge in [0.2, 0.25) is 0 Å². The summed E-state index contributed by atoms with van der Waals surface area (Å²) < 4.78 is 28.6. The Bertz CT molecular complexity index is 625. The predicted octanol–water partition coefficient (Wildman–Crippen LogP) is 5.45. The monoisotopic (exact) mass is 353 g/mol. The molecule has 0 fully saturated rings. The van der Waals surface area contributed by atoms with Crippen molar-refractivity contribution in [3.8, 4) is 0 Å². The average molecular weight is 354 g/mol. The molecule has 0 bridgehead atoms. The molecule has 1 unspecified atom stereocenters. The van der Waals surface area contributed by atoms with Crippen LogP contribution in [0.4, 0.5) is 8.78 Å². The number of nitrogens with one attached hydrogen (secondary N) is 1. The van der Waals surface area contributed by atoms with E-state index in [1.165, 1.54) is 12.1 Å². The van der Waals surface area contributed by atoms with E-state index >= 15 is 0 Å². The molecule has 2 aromatic rings. The number of hydrogen-bond acceptors (Lipinski definition) is 1. The van der Waals surface area contributed by atoms with Crippen molar-refractivity contribution in [2.75, 3.05) is 0 Å². The second-order valence-corrected chi connectivity index (χ2v) is 6.20. The third kappa shape index (κ3) is 3.89. The van der Waals surface area contributed by atoms with Crippen LogP contribution in [0.2, 0.25) is 0 Å². The first-order valence-corrected chi connectivity index (χ1v) is 7.65. The third-order valence-corrected chi connectivity index (χ3v) is 4.14. The van der Waals surface area contributed by atoms with Gasteiger partial charge < -0.3 is 5.32 Å². The molecule has 0 aliphatic carbocycles. The summed E-state index contributed by atoms with van der Waals surface area (Å²) in [5, 5.41) is 3.30. The zero-order valence-corrected chi connectivity index (χ0v) is 13.8. The summed E-state index contributed by atoms with van der Waals surface area (Å²) in [5.74, 6) is -0.756. The van der Waals surface area contributed by atoms with Gasteiger partial charge in [-0.2, -0.15) is 0 Å². The van der Waals surface area contributed by atoms with E-state index in [1.54, 1.807) is 6.92 Å². The molecule has 1 nitrogen and oxygen atoms in total. The number of rotatable bonds is 4. The van der Waals surface area contributed by atoms with Crippen molar-refractivity contribution >= 4 is 15.9 Å². The van der Waals surface area contributed by atoms with Gasteiger partial charge in [0, 0.05) is 22.1 Å². The van der Waals surface area contributed by atoms with E-state index in [-0.39, 0.29) is 23.7 Å². The summed E-state index contributed by atoms with van der Waals surface area (Å²) in [6.45, 7) is 5.40. The van der Waals surface area contributed by atoms with E-state index in [0.29, 0.717) is 11.1 Å². The van der Waals surface area contributed by atoms with Gasteiger partial charge in [0.15, 0.2) is 0 Å². The molecule has 2 atom stereocenters. The molecule has 0 radical (unpaired) electrons. The van der Waals surface area contributed by atoms with Gasteiger partial charge in [0.25, 0.3) is 0 Å². The van der Waals surface area contributed by atoms with Crippen LogP contribution in [0.3, 0.4) is 0 Å². The lowest BCUT2D eigenvalue weighted by molar-refractivity contribution is 0.469. The highest BCUT2D eigenvalue weighted by atomic mass is 79.9. The highest BCUT2D eigenvalue weighted by Gasteiger charge is 2.16. The van der Waals surface area contributed by atoms with Crippen molar-refractivity contribution in [1.29, 1.82) is 0 Å². The van der Waals surface area contributed by atoms with Gasteiger partial charge in [-0.1, -0.05) is 28.1 Å². The van der Waals surface area contributed by atoms with Gasteiger partial charge in [0.05, 0.1) is 0 Å². The largest absolute Gasteiger partial charge is 0.304 e. The van der Waals surface area contributed by atoms with Crippen LogP contribution < -0.4 is 5.32 Å². The third-order valence-electron chi connectivity index (χ3n) is 3.61. The maximum atomic E-state index is 14.0. The summed E-state index contributed by atoms with van der Waals surface area (Å²) in [5.41, 5.74) is 1.77. The molecule has 0 aromatic heterocycles. The second-order valence-electron chi connectivity index (χ2n) is 5.28. The van der Waals surface area contributed by atoms with E-state index in [4.69, 9.17) is 0 Å². The molecule has 1 N–H and O–H groups in total. The fourth-order valence-corrected chi connectivity index (χ4v) is 2.57. The van der Waals surface area contributed by atoms with Gasteiger partial charge >= 0.3 is 0 Å². The number of aryl methyl sites for hydroxylation is 1. The fourth-order valence-electron chi connectivity index (χ4n) is 2.31. The van der Waals surface area contributed by atoms with Gasteiger partial charge in [0.1, 0.15) is 11.6 Å². The van der Waals surface area contributed by atoms with E-state index in [2.05, 4.69) is 21.2 Å². The van der Waals surface area contributed by atoms with Crippen LogP contribution >= 0.6 is 15.9 Å². The quantitative estimate of drug-likeness (QED) is 0.770. The van der Waals surface area contributed by atoms with Crippen LogP contribution in [0.15, 0.2) is 40.9 Å². The van der Waals surface area contributed by atoms with Gasteiger partial charge in [-0.25, -0.2) is 8.78 Å². The van der Waals surface area contributed by atoms with Crippen molar-refractivity contribution < 1.29 is 8.78 Å². The van der Waals surface area contributed by atoms with Crippen LogP contribution in [0, 0.1) is 18.6 Å². The number of hydrogen-bond donors (Lipinski definition) is 1. The van der Waals surface area contributed by atoms with E-state index in [9.17, 15) is 8.78 Å². The van der Waals surface area contributed by atoms with E-state index in [1.807, 2.05) is 38.1 Å². The zero-order chi connectivity index (χ0) is 15.6. The first-order valence-electron chi connectivity index (χ1n) is 6.85. The molecule has 112 valence electrons. The lowest BCUT2D eigenvalue weighted by Gasteiger charge is -2.21. The van der Waals surface area contributed by atoms with Crippen LogP contribution in [-0.4, -0.2) is 0 Å². The molecule has 0 saturated carbocycles. The molecule has 0 aliphatic heterocycles. The van der Waals surface area contributed by atoms with Gasteiger partial charge in [-0.05, 0) is 56.2 Å². The van der Waals surface area contributed by atoms with Crippen LogP contribution in [0.1, 0.15) is 42.6 Å². The molecular weight excluding hydrogens is 336 g/mol. The molecule has 0 saturated heterocycles. The Morgan fingerprint density at radius 1 is 0.952 bits per heavy atom. The van der Waals surface area contributed by atoms with Crippen molar-refractivity contribution in [2.24, 2.45) is 0 Å². The number of halogens is 3. The lowest BCUT2D eigenvalue weighted by atomic mass is 10.0.